The molecule has 0 saturated carbocycles. The largest absolute Gasteiger partial charge is 0.486 e. The van der Waals surface area contributed by atoms with E-state index in [-0.39, 0.29) is 29.4 Å². The lowest BCUT2D eigenvalue weighted by atomic mass is 10.2. The van der Waals surface area contributed by atoms with Gasteiger partial charge in [-0.25, -0.2) is 12.8 Å². The van der Waals surface area contributed by atoms with E-state index in [0.717, 1.165) is 4.31 Å². The Hall–Kier alpha value is -1.71. The Morgan fingerprint density at radius 2 is 2.15 bits per heavy atom. The molecule has 7 nitrogen and oxygen atoms in total. The van der Waals surface area contributed by atoms with Crippen LogP contribution in [0.15, 0.2) is 17.0 Å². The Kier molecular flexibility index (Phi) is 7.19. The van der Waals surface area contributed by atoms with Crippen LogP contribution in [0.25, 0.3) is 0 Å². The number of aryl methyl sites for hydroxylation is 1. The van der Waals surface area contributed by atoms with Crippen LogP contribution in [0.2, 0.25) is 0 Å². The van der Waals surface area contributed by atoms with E-state index in [1.807, 2.05) is 0 Å². The Morgan fingerprint density at radius 1 is 1.44 bits per heavy atom. The summed E-state index contributed by atoms with van der Waals surface area (Å²) < 4.78 is 52.5. The molecule has 27 heavy (non-hydrogen) atoms. The number of carbonyl (C=O) groups excluding carboxylic acids is 1. The predicted molar refractivity (Wildman–Crippen MR) is 96.5 cm³/mol. The van der Waals surface area contributed by atoms with Gasteiger partial charge in [0.25, 0.3) is 0 Å². The van der Waals surface area contributed by atoms with Crippen molar-refractivity contribution in [2.45, 2.75) is 56.6 Å². The molecule has 1 N–H and O–H groups in total. The topological polar surface area (TPSA) is 93.1 Å². The van der Waals surface area contributed by atoms with Crippen LogP contribution in [-0.2, 0) is 19.6 Å². The number of aliphatic hydroxyl groups excluding tert-OH is 1. The molecule has 1 aliphatic heterocycles. The highest BCUT2D eigenvalue weighted by Gasteiger charge is 2.42. The lowest BCUT2D eigenvalue weighted by Crippen LogP contribution is -2.41. The highest BCUT2D eigenvalue weighted by molar-refractivity contribution is 7.89. The number of rotatable bonds is 8. The SMILES string of the molecule is COC(=O)[C@@H]1CCCN1S(=O)(=O)c1ccc(C)c(F)c1O[C@H](C)CCCO. The fourth-order valence-electron chi connectivity index (χ4n) is 3.11. The zero-order valence-electron chi connectivity index (χ0n) is 15.8. The smallest absolute Gasteiger partial charge is 0.324 e. The molecule has 0 aromatic heterocycles. The van der Waals surface area contributed by atoms with E-state index in [4.69, 9.17) is 14.6 Å². The Morgan fingerprint density at radius 3 is 2.78 bits per heavy atom. The summed E-state index contributed by atoms with van der Waals surface area (Å²) in [5, 5.41) is 8.94. The third kappa shape index (κ3) is 4.59. The van der Waals surface area contributed by atoms with E-state index in [2.05, 4.69) is 0 Å². The maximum Gasteiger partial charge on any atom is 0.324 e. The van der Waals surface area contributed by atoms with Crippen molar-refractivity contribution in [1.82, 2.24) is 4.31 Å². The monoisotopic (exact) mass is 403 g/mol. The molecule has 0 radical (unpaired) electrons. The van der Waals surface area contributed by atoms with E-state index in [0.29, 0.717) is 25.7 Å². The minimum absolute atomic E-state index is 0.0380. The van der Waals surface area contributed by atoms with Crippen molar-refractivity contribution in [2.75, 3.05) is 20.3 Å². The molecule has 2 rings (SSSR count). The summed E-state index contributed by atoms with van der Waals surface area (Å²) in [7, 11) is -2.96. The minimum atomic E-state index is -4.16. The van der Waals surface area contributed by atoms with Gasteiger partial charge in [0, 0.05) is 13.2 Å². The van der Waals surface area contributed by atoms with Crippen molar-refractivity contribution in [2.24, 2.45) is 0 Å². The van der Waals surface area contributed by atoms with Crippen LogP contribution in [0.4, 0.5) is 4.39 Å². The molecule has 0 spiro atoms. The maximum atomic E-state index is 14.7. The second-order valence-corrected chi connectivity index (χ2v) is 8.47. The molecule has 0 amide bonds. The van der Waals surface area contributed by atoms with Gasteiger partial charge in [-0.15, -0.1) is 0 Å². The number of aliphatic hydroxyl groups is 1. The van der Waals surface area contributed by atoms with E-state index in [9.17, 15) is 17.6 Å². The molecule has 2 atom stereocenters. The van der Waals surface area contributed by atoms with Gasteiger partial charge in [-0.3, -0.25) is 4.79 Å². The molecule has 1 fully saturated rings. The fraction of sp³-hybridized carbons (Fsp3) is 0.611. The van der Waals surface area contributed by atoms with E-state index >= 15 is 0 Å². The summed E-state index contributed by atoms with van der Waals surface area (Å²) in [6.45, 7) is 3.31. The van der Waals surface area contributed by atoms with Gasteiger partial charge in [-0.2, -0.15) is 4.31 Å². The molecule has 1 aliphatic rings. The molecule has 1 aromatic rings. The van der Waals surface area contributed by atoms with Gasteiger partial charge < -0.3 is 14.6 Å². The van der Waals surface area contributed by atoms with Crippen molar-refractivity contribution in [3.05, 3.63) is 23.5 Å². The van der Waals surface area contributed by atoms with E-state index in [1.165, 1.54) is 26.2 Å². The van der Waals surface area contributed by atoms with E-state index < -0.39 is 34.0 Å². The number of halogens is 1. The zero-order valence-corrected chi connectivity index (χ0v) is 16.6. The number of esters is 1. The van der Waals surface area contributed by atoms with Gasteiger partial charge in [-0.05, 0) is 51.2 Å². The third-order valence-electron chi connectivity index (χ3n) is 4.61. The third-order valence-corrected chi connectivity index (χ3v) is 6.54. The average Bonchev–Trinajstić information content (AvgIpc) is 3.13. The summed E-state index contributed by atoms with van der Waals surface area (Å²) in [5.41, 5.74) is 0.254. The van der Waals surface area contributed by atoms with Gasteiger partial charge in [0.15, 0.2) is 11.6 Å². The van der Waals surface area contributed by atoms with Gasteiger partial charge in [0.1, 0.15) is 10.9 Å². The second-order valence-electron chi connectivity index (χ2n) is 6.61. The molecule has 1 heterocycles. The van der Waals surface area contributed by atoms with Crippen molar-refractivity contribution >= 4 is 16.0 Å². The van der Waals surface area contributed by atoms with Crippen LogP contribution in [-0.4, -0.2) is 56.2 Å². The maximum absolute atomic E-state index is 14.7. The van der Waals surface area contributed by atoms with Crippen LogP contribution in [0.5, 0.6) is 5.75 Å². The van der Waals surface area contributed by atoms with Gasteiger partial charge in [0.2, 0.25) is 10.0 Å². The number of sulfonamides is 1. The summed E-state index contributed by atoms with van der Waals surface area (Å²) >= 11 is 0. The zero-order chi connectivity index (χ0) is 20.2. The van der Waals surface area contributed by atoms with Crippen LogP contribution in [0.1, 0.15) is 38.2 Å². The first kappa shape index (κ1) is 21.6. The number of carbonyl (C=O) groups is 1. The highest BCUT2D eigenvalue weighted by atomic mass is 32.2. The fourth-order valence-corrected chi connectivity index (χ4v) is 4.87. The average molecular weight is 403 g/mol. The number of methoxy groups -OCH3 is 1. The first-order valence-corrected chi connectivity index (χ1v) is 10.3. The number of benzene rings is 1. The standard InChI is InChI=1S/C18H26FNO6S/c1-12-8-9-15(17(16(12)19)26-13(2)6-5-11-21)27(23,24)20-10-4-7-14(20)18(22)25-3/h8-9,13-14,21H,4-7,10-11H2,1-3H3/t13-,14+/m1/s1. The lowest BCUT2D eigenvalue weighted by Gasteiger charge is -2.25. The van der Waals surface area contributed by atoms with Crippen LogP contribution >= 0.6 is 0 Å². The van der Waals surface area contributed by atoms with Crippen molar-refractivity contribution < 1.29 is 32.2 Å². The lowest BCUT2D eigenvalue weighted by molar-refractivity contribution is -0.144. The second kappa shape index (κ2) is 8.99. The van der Waals surface area contributed by atoms with E-state index in [1.54, 1.807) is 6.92 Å². The summed E-state index contributed by atoms with van der Waals surface area (Å²) in [5.74, 6) is -1.74. The summed E-state index contributed by atoms with van der Waals surface area (Å²) in [6, 6.07) is 1.74. The normalized spacial score (nSPS) is 19.1. The number of nitrogens with zero attached hydrogens (tertiary/aromatic N) is 1. The molecule has 9 heteroatoms. The number of hydrogen-bond acceptors (Lipinski definition) is 6. The van der Waals surface area contributed by atoms with Crippen LogP contribution < -0.4 is 4.74 Å². The minimum Gasteiger partial charge on any atom is -0.486 e. The van der Waals surface area contributed by atoms with Crippen molar-refractivity contribution in [3.8, 4) is 5.75 Å². The molecule has 1 aromatic carbocycles. The molecular weight excluding hydrogens is 377 g/mol. The summed E-state index contributed by atoms with van der Waals surface area (Å²) in [4.78, 5) is 11.6. The summed E-state index contributed by atoms with van der Waals surface area (Å²) in [6.07, 6.45) is 1.27. The Balaban J connectivity index is 2.44. The molecule has 1 saturated heterocycles. The molecular formula is C18H26FNO6S. The molecule has 0 bridgehead atoms. The van der Waals surface area contributed by atoms with Crippen LogP contribution in [0.3, 0.4) is 0 Å². The van der Waals surface area contributed by atoms with Crippen molar-refractivity contribution in [3.63, 3.8) is 0 Å². The van der Waals surface area contributed by atoms with Gasteiger partial charge >= 0.3 is 5.97 Å². The highest BCUT2D eigenvalue weighted by Crippen LogP contribution is 2.35. The van der Waals surface area contributed by atoms with Gasteiger partial charge in [0.05, 0.1) is 13.2 Å². The van der Waals surface area contributed by atoms with Crippen LogP contribution in [0, 0.1) is 12.7 Å². The Bertz CT molecular complexity index is 782. The van der Waals surface area contributed by atoms with Crippen molar-refractivity contribution in [1.29, 1.82) is 0 Å². The molecule has 0 unspecified atom stereocenters. The predicted octanol–water partition coefficient (Wildman–Crippen LogP) is 2.00. The number of hydrogen-bond donors (Lipinski definition) is 1. The first-order valence-electron chi connectivity index (χ1n) is 8.90. The Labute approximate surface area is 159 Å². The molecule has 152 valence electrons. The quantitative estimate of drug-likeness (QED) is 0.668. The first-order chi connectivity index (χ1) is 12.7. The molecule has 0 aliphatic carbocycles. The van der Waals surface area contributed by atoms with Gasteiger partial charge in [-0.1, -0.05) is 6.07 Å². The number of ether oxygens (including phenoxy) is 2.